The summed E-state index contributed by atoms with van der Waals surface area (Å²) in [6.45, 7) is 11.8. The Hall–Kier alpha value is -1.55. The highest BCUT2D eigenvalue weighted by molar-refractivity contribution is 5.76. The smallest absolute Gasteiger partial charge is 0.275 e. The number of unbranched alkanes of at least 4 members (excludes halogenated alkanes) is 5. The number of hydrogen-bond donors (Lipinski definition) is 1. The largest absolute Gasteiger partial charge is 0.493 e. The summed E-state index contributed by atoms with van der Waals surface area (Å²) in [6, 6.07) is 6.50. The molecule has 1 N–H and O–H groups in total. The van der Waals surface area contributed by atoms with Crippen LogP contribution in [0, 0.1) is 6.92 Å². The molecule has 0 aliphatic heterocycles. The molecule has 0 heterocycles. The molecule has 4 heteroatoms. The van der Waals surface area contributed by atoms with E-state index in [2.05, 4.69) is 65.3 Å². The molecule has 1 rings (SSSR count). The van der Waals surface area contributed by atoms with Gasteiger partial charge in [-0.3, -0.25) is 4.79 Å². The van der Waals surface area contributed by atoms with E-state index in [0.29, 0.717) is 12.5 Å². The standard InChI is InChI=1S/C25H44N2O2/c1-7-8-9-10-11-16-26-25(28)20-27(5,6)17-12-13-18-29-24-19-23(21(2)3)15-14-22(24)4/h14-15,19,21H,7-13,16-18,20H2,1-6H3/p+1. The van der Waals surface area contributed by atoms with E-state index in [9.17, 15) is 4.79 Å². The molecule has 0 unspecified atom stereocenters. The van der Waals surface area contributed by atoms with Gasteiger partial charge in [0.1, 0.15) is 5.75 Å². The Kier molecular flexibility index (Phi) is 12.0. The molecular formula is C25H45N2O2+. The quantitative estimate of drug-likeness (QED) is 0.312. The summed E-state index contributed by atoms with van der Waals surface area (Å²) in [4.78, 5) is 12.2. The lowest BCUT2D eigenvalue weighted by atomic mass is 10.0. The predicted molar refractivity (Wildman–Crippen MR) is 124 cm³/mol. The van der Waals surface area contributed by atoms with Crippen LogP contribution in [-0.2, 0) is 4.79 Å². The second kappa shape index (κ2) is 13.6. The SMILES string of the molecule is CCCCCCCNC(=O)C[N+](C)(C)CCCCOc1cc(C(C)C)ccc1C. The van der Waals surface area contributed by atoms with E-state index in [4.69, 9.17) is 4.74 Å². The summed E-state index contributed by atoms with van der Waals surface area (Å²) >= 11 is 0. The van der Waals surface area contributed by atoms with Gasteiger partial charge in [0.15, 0.2) is 6.54 Å². The zero-order chi connectivity index (χ0) is 21.7. The number of hydrogen-bond acceptors (Lipinski definition) is 2. The van der Waals surface area contributed by atoms with Crippen LogP contribution in [0.3, 0.4) is 0 Å². The second-order valence-corrected chi connectivity index (χ2v) is 9.32. The van der Waals surface area contributed by atoms with Crippen molar-refractivity contribution in [1.82, 2.24) is 5.32 Å². The number of rotatable bonds is 15. The molecule has 29 heavy (non-hydrogen) atoms. The van der Waals surface area contributed by atoms with Crippen molar-refractivity contribution >= 4 is 5.91 Å². The normalized spacial score (nSPS) is 11.7. The predicted octanol–water partition coefficient (Wildman–Crippen LogP) is 5.44. The Labute approximate surface area is 179 Å². The highest BCUT2D eigenvalue weighted by atomic mass is 16.5. The summed E-state index contributed by atoms with van der Waals surface area (Å²) in [5.41, 5.74) is 2.51. The van der Waals surface area contributed by atoms with E-state index >= 15 is 0 Å². The van der Waals surface area contributed by atoms with Crippen LogP contribution in [0.4, 0.5) is 0 Å². The van der Waals surface area contributed by atoms with Crippen molar-refractivity contribution in [3.05, 3.63) is 29.3 Å². The third-order valence-corrected chi connectivity index (χ3v) is 5.47. The van der Waals surface area contributed by atoms with Crippen LogP contribution < -0.4 is 10.1 Å². The molecule has 4 nitrogen and oxygen atoms in total. The fraction of sp³-hybridized carbons (Fsp3) is 0.720. The van der Waals surface area contributed by atoms with Gasteiger partial charge >= 0.3 is 0 Å². The number of nitrogens with one attached hydrogen (secondary N) is 1. The zero-order valence-corrected chi connectivity index (χ0v) is 19.9. The summed E-state index contributed by atoms with van der Waals surface area (Å²) in [5, 5.41) is 3.08. The minimum Gasteiger partial charge on any atom is -0.493 e. The Balaban J connectivity index is 2.22. The van der Waals surface area contributed by atoms with Crippen molar-refractivity contribution in [2.24, 2.45) is 0 Å². The Bertz CT molecular complexity index is 596. The average molecular weight is 406 g/mol. The minimum absolute atomic E-state index is 0.169. The molecule has 0 bridgehead atoms. The number of ether oxygens (including phenoxy) is 1. The van der Waals surface area contributed by atoms with Gasteiger partial charge in [-0.25, -0.2) is 0 Å². The molecule has 166 valence electrons. The molecule has 0 aliphatic carbocycles. The van der Waals surface area contributed by atoms with Crippen LogP contribution in [0.15, 0.2) is 18.2 Å². The molecule has 1 aromatic rings. The van der Waals surface area contributed by atoms with Gasteiger partial charge in [-0.1, -0.05) is 58.6 Å². The summed E-state index contributed by atoms with van der Waals surface area (Å²) in [5.74, 6) is 1.68. The monoisotopic (exact) mass is 405 g/mol. The van der Waals surface area contributed by atoms with Crippen molar-refractivity contribution < 1.29 is 14.0 Å². The first kappa shape index (κ1) is 25.5. The number of amides is 1. The van der Waals surface area contributed by atoms with Gasteiger partial charge in [0.2, 0.25) is 0 Å². The van der Waals surface area contributed by atoms with Crippen molar-refractivity contribution in [2.75, 3.05) is 40.3 Å². The van der Waals surface area contributed by atoms with Crippen molar-refractivity contribution in [1.29, 1.82) is 0 Å². The first-order valence-corrected chi connectivity index (χ1v) is 11.6. The van der Waals surface area contributed by atoms with Crippen LogP contribution in [0.25, 0.3) is 0 Å². The van der Waals surface area contributed by atoms with Gasteiger partial charge in [0.05, 0.1) is 27.2 Å². The Morgan fingerprint density at radius 3 is 2.48 bits per heavy atom. The molecule has 0 saturated carbocycles. The van der Waals surface area contributed by atoms with E-state index < -0.39 is 0 Å². The van der Waals surface area contributed by atoms with Crippen LogP contribution in [0.2, 0.25) is 0 Å². The highest BCUT2D eigenvalue weighted by Crippen LogP contribution is 2.24. The van der Waals surface area contributed by atoms with E-state index in [1.165, 1.54) is 36.8 Å². The van der Waals surface area contributed by atoms with Crippen LogP contribution in [0.5, 0.6) is 5.75 Å². The number of carbonyl (C=O) groups excluding carboxylic acids is 1. The van der Waals surface area contributed by atoms with Crippen LogP contribution in [0.1, 0.15) is 82.8 Å². The number of benzene rings is 1. The van der Waals surface area contributed by atoms with Crippen LogP contribution >= 0.6 is 0 Å². The molecule has 1 amide bonds. The summed E-state index contributed by atoms with van der Waals surface area (Å²) in [6.07, 6.45) is 8.20. The molecule has 0 fully saturated rings. The summed E-state index contributed by atoms with van der Waals surface area (Å²) in [7, 11) is 4.27. The topological polar surface area (TPSA) is 38.3 Å². The fourth-order valence-electron chi connectivity index (χ4n) is 3.44. The van der Waals surface area contributed by atoms with Gasteiger partial charge in [-0.2, -0.15) is 0 Å². The second-order valence-electron chi connectivity index (χ2n) is 9.32. The Morgan fingerprint density at radius 2 is 1.79 bits per heavy atom. The molecule has 1 aromatic carbocycles. The zero-order valence-electron chi connectivity index (χ0n) is 19.9. The number of carbonyl (C=O) groups is 1. The van der Waals surface area contributed by atoms with E-state index in [1.807, 2.05) is 0 Å². The number of likely N-dealkylation sites (N-methyl/N-ethyl adjacent to an activating group) is 1. The van der Waals surface area contributed by atoms with Crippen molar-refractivity contribution in [2.45, 2.75) is 78.6 Å². The van der Waals surface area contributed by atoms with Gasteiger partial charge in [0, 0.05) is 6.54 Å². The van der Waals surface area contributed by atoms with Gasteiger partial charge in [0.25, 0.3) is 5.91 Å². The third-order valence-electron chi connectivity index (χ3n) is 5.47. The maximum absolute atomic E-state index is 12.2. The van der Waals surface area contributed by atoms with Crippen molar-refractivity contribution in [3.8, 4) is 5.75 Å². The third kappa shape index (κ3) is 11.3. The molecule has 0 saturated heterocycles. The van der Waals surface area contributed by atoms with Crippen LogP contribution in [-0.4, -0.2) is 50.7 Å². The average Bonchev–Trinajstić information content (AvgIpc) is 2.65. The molecule has 0 aromatic heterocycles. The van der Waals surface area contributed by atoms with Gasteiger partial charge < -0.3 is 14.5 Å². The van der Waals surface area contributed by atoms with Gasteiger partial charge in [-0.05, 0) is 49.3 Å². The number of quaternary nitrogens is 1. The molecule has 0 spiro atoms. The molecular weight excluding hydrogens is 360 g/mol. The fourth-order valence-corrected chi connectivity index (χ4v) is 3.44. The van der Waals surface area contributed by atoms with Crippen molar-refractivity contribution in [3.63, 3.8) is 0 Å². The first-order chi connectivity index (χ1) is 13.7. The molecule has 0 aliphatic rings. The van der Waals surface area contributed by atoms with E-state index in [0.717, 1.165) is 49.2 Å². The molecule has 0 radical (unpaired) electrons. The minimum atomic E-state index is 0.169. The van der Waals surface area contributed by atoms with E-state index in [-0.39, 0.29) is 5.91 Å². The lowest BCUT2D eigenvalue weighted by molar-refractivity contribution is -0.882. The lowest BCUT2D eigenvalue weighted by Gasteiger charge is -2.29. The molecule has 0 atom stereocenters. The lowest BCUT2D eigenvalue weighted by Crippen LogP contribution is -2.48. The summed E-state index contributed by atoms with van der Waals surface area (Å²) < 4.78 is 6.76. The van der Waals surface area contributed by atoms with E-state index in [1.54, 1.807) is 0 Å². The first-order valence-electron chi connectivity index (χ1n) is 11.6. The number of nitrogens with zero attached hydrogens (tertiary/aromatic N) is 1. The maximum atomic E-state index is 12.2. The highest BCUT2D eigenvalue weighted by Gasteiger charge is 2.19. The number of aryl methyl sites for hydroxylation is 1. The van der Waals surface area contributed by atoms with Gasteiger partial charge in [-0.15, -0.1) is 0 Å². The maximum Gasteiger partial charge on any atom is 0.275 e. The Morgan fingerprint density at radius 1 is 1.07 bits per heavy atom.